The third-order valence-corrected chi connectivity index (χ3v) is 7.11. The van der Waals surface area contributed by atoms with Crippen molar-refractivity contribution >= 4 is 32.5 Å². The number of pyridine rings is 2. The maximum absolute atomic E-state index is 12.1. The lowest BCUT2D eigenvalue weighted by Crippen LogP contribution is -2.03. The van der Waals surface area contributed by atoms with Gasteiger partial charge in [0, 0.05) is 22.7 Å². The van der Waals surface area contributed by atoms with Gasteiger partial charge in [0.1, 0.15) is 11.4 Å². The van der Waals surface area contributed by atoms with Gasteiger partial charge in [-0.15, -0.1) is 0 Å². The fraction of sp³-hybridized carbons (Fsp3) is 0.125. The Bertz CT molecular complexity index is 1480. The molecule has 0 unspecified atom stereocenters. The van der Waals surface area contributed by atoms with Gasteiger partial charge in [0.05, 0.1) is 23.3 Å². The quantitative estimate of drug-likeness (QED) is 0.438. The Labute approximate surface area is 190 Å². The number of nitrogens with zero attached hydrogens (tertiary/aromatic N) is 2. The van der Waals surface area contributed by atoms with Crippen molar-refractivity contribution in [3.05, 3.63) is 66.4 Å². The molecule has 8 nitrogen and oxygen atoms in total. The second kappa shape index (κ2) is 8.51. The van der Waals surface area contributed by atoms with E-state index in [0.717, 1.165) is 16.5 Å². The zero-order chi connectivity index (χ0) is 23.8. The lowest BCUT2D eigenvalue weighted by molar-refractivity contribution is 0.0692. The Morgan fingerprint density at radius 1 is 1.03 bits per heavy atom. The minimum atomic E-state index is -3.30. The van der Waals surface area contributed by atoms with Crippen molar-refractivity contribution in [3.63, 3.8) is 0 Å². The summed E-state index contributed by atoms with van der Waals surface area (Å²) in [7, 11) is -1.93. The highest BCUT2D eigenvalue weighted by Gasteiger charge is 2.15. The van der Waals surface area contributed by atoms with Crippen LogP contribution in [0.4, 0.5) is 5.82 Å². The third kappa shape index (κ3) is 4.22. The van der Waals surface area contributed by atoms with Gasteiger partial charge in [-0.05, 0) is 47.5 Å². The van der Waals surface area contributed by atoms with E-state index in [9.17, 15) is 18.3 Å². The number of anilines is 1. The summed E-state index contributed by atoms with van der Waals surface area (Å²) in [4.78, 5) is 20.4. The molecule has 9 heteroatoms. The average molecular weight is 464 g/mol. The number of nitrogen functional groups attached to an aromatic ring is 1. The summed E-state index contributed by atoms with van der Waals surface area (Å²) < 4.78 is 29.2. The lowest BCUT2D eigenvalue weighted by atomic mass is 10.0. The average Bonchev–Trinajstić information content (AvgIpc) is 2.83. The summed E-state index contributed by atoms with van der Waals surface area (Å²) in [6, 6.07) is 15.4. The van der Waals surface area contributed by atoms with E-state index in [1.54, 1.807) is 43.5 Å². The Balaban J connectivity index is 1.79. The van der Waals surface area contributed by atoms with E-state index < -0.39 is 15.8 Å². The van der Waals surface area contributed by atoms with Gasteiger partial charge >= 0.3 is 5.97 Å². The summed E-state index contributed by atoms with van der Waals surface area (Å²) >= 11 is 0. The Kier molecular flexibility index (Phi) is 5.73. The number of carboxylic acid groups (broad SMARTS) is 1. The number of aromatic nitrogens is 2. The third-order valence-electron chi connectivity index (χ3n) is 5.36. The molecule has 4 rings (SSSR count). The van der Waals surface area contributed by atoms with Gasteiger partial charge in [0.25, 0.3) is 0 Å². The van der Waals surface area contributed by atoms with Gasteiger partial charge < -0.3 is 15.6 Å². The van der Waals surface area contributed by atoms with Crippen LogP contribution in [0.1, 0.15) is 17.3 Å². The number of hydrogen-bond acceptors (Lipinski definition) is 7. The van der Waals surface area contributed by atoms with Crippen molar-refractivity contribution in [2.75, 3.05) is 18.6 Å². The van der Waals surface area contributed by atoms with Crippen molar-refractivity contribution in [3.8, 4) is 28.1 Å². The summed E-state index contributed by atoms with van der Waals surface area (Å²) in [5.74, 6) is -0.747. The van der Waals surface area contributed by atoms with Gasteiger partial charge in [0.2, 0.25) is 5.88 Å². The van der Waals surface area contributed by atoms with Gasteiger partial charge in [-0.25, -0.2) is 23.2 Å². The number of nitrogens with two attached hydrogens (primary N) is 1. The molecule has 0 atom stereocenters. The predicted octanol–water partition coefficient (Wildman–Crippen LogP) is 4.05. The van der Waals surface area contributed by atoms with Crippen LogP contribution in [-0.4, -0.2) is 42.3 Å². The molecule has 168 valence electrons. The fourth-order valence-electron chi connectivity index (χ4n) is 3.54. The smallest absolute Gasteiger partial charge is 0.341 e. The van der Waals surface area contributed by atoms with E-state index in [2.05, 4.69) is 9.97 Å². The van der Waals surface area contributed by atoms with Crippen LogP contribution in [0.25, 0.3) is 33.2 Å². The zero-order valence-corrected chi connectivity index (χ0v) is 18.8. The van der Waals surface area contributed by atoms with Gasteiger partial charge in [-0.3, -0.25) is 0 Å². The van der Waals surface area contributed by atoms with Crippen molar-refractivity contribution in [2.24, 2.45) is 0 Å². The first-order valence-corrected chi connectivity index (χ1v) is 11.7. The molecule has 0 radical (unpaired) electrons. The number of ether oxygens (including phenoxy) is 1. The summed E-state index contributed by atoms with van der Waals surface area (Å²) in [6.07, 6.45) is 1.55. The first kappa shape index (κ1) is 22.2. The highest BCUT2D eigenvalue weighted by atomic mass is 32.2. The Hall–Kier alpha value is -3.98. The molecule has 2 aromatic carbocycles. The van der Waals surface area contributed by atoms with Crippen LogP contribution >= 0.6 is 0 Å². The van der Waals surface area contributed by atoms with E-state index in [1.807, 2.05) is 18.2 Å². The summed E-state index contributed by atoms with van der Waals surface area (Å²) in [5.41, 5.74) is 9.59. The second-order valence-corrected chi connectivity index (χ2v) is 9.62. The van der Waals surface area contributed by atoms with E-state index >= 15 is 0 Å². The molecule has 33 heavy (non-hydrogen) atoms. The molecular formula is C24H21N3O5S. The molecule has 0 spiro atoms. The molecule has 0 bridgehead atoms. The standard InChI is InChI=1S/C24H21N3O5S/c1-3-33(30,31)18-7-4-14(5-8-18)19-11-16-10-15(6-9-21(16)27-22(19)25)17-12-20(24(28)29)23(32-2)26-13-17/h4-13H,3H2,1-2H3,(H2,25,27)(H,28,29). The number of sulfone groups is 1. The maximum atomic E-state index is 12.1. The number of aromatic carboxylic acids is 1. The highest BCUT2D eigenvalue weighted by Crippen LogP contribution is 2.32. The maximum Gasteiger partial charge on any atom is 0.341 e. The van der Waals surface area contributed by atoms with E-state index in [4.69, 9.17) is 10.5 Å². The van der Waals surface area contributed by atoms with E-state index in [1.165, 1.54) is 13.2 Å². The van der Waals surface area contributed by atoms with Gasteiger partial charge in [0.15, 0.2) is 9.84 Å². The molecular weight excluding hydrogens is 442 g/mol. The monoisotopic (exact) mass is 463 g/mol. The first-order chi connectivity index (χ1) is 15.7. The SMILES string of the molecule is CCS(=O)(=O)c1ccc(-c2cc3cc(-c4cnc(OC)c(C(=O)O)c4)ccc3nc2N)cc1. The zero-order valence-electron chi connectivity index (χ0n) is 17.9. The molecule has 2 heterocycles. The minimum Gasteiger partial charge on any atom is -0.480 e. The Morgan fingerprint density at radius 2 is 1.73 bits per heavy atom. The number of methoxy groups -OCH3 is 1. The van der Waals surface area contributed by atoms with Gasteiger partial charge in [-0.2, -0.15) is 0 Å². The molecule has 0 saturated heterocycles. The van der Waals surface area contributed by atoms with Crippen LogP contribution in [0.3, 0.4) is 0 Å². The van der Waals surface area contributed by atoms with Crippen molar-refractivity contribution in [1.82, 2.24) is 9.97 Å². The lowest BCUT2D eigenvalue weighted by Gasteiger charge is -2.11. The molecule has 0 aliphatic carbocycles. The molecule has 0 aliphatic heterocycles. The number of rotatable bonds is 6. The van der Waals surface area contributed by atoms with Crippen LogP contribution < -0.4 is 10.5 Å². The number of benzene rings is 2. The van der Waals surface area contributed by atoms with Crippen LogP contribution in [0.5, 0.6) is 5.88 Å². The number of hydrogen-bond donors (Lipinski definition) is 2. The number of carboxylic acids is 1. The highest BCUT2D eigenvalue weighted by molar-refractivity contribution is 7.91. The van der Waals surface area contributed by atoms with Crippen molar-refractivity contribution < 1.29 is 23.1 Å². The van der Waals surface area contributed by atoms with Crippen molar-refractivity contribution in [2.45, 2.75) is 11.8 Å². The van der Waals surface area contributed by atoms with E-state index in [0.29, 0.717) is 22.5 Å². The predicted molar refractivity (Wildman–Crippen MR) is 126 cm³/mol. The molecule has 0 fully saturated rings. The normalized spacial score (nSPS) is 11.5. The topological polar surface area (TPSA) is 132 Å². The van der Waals surface area contributed by atoms with Crippen LogP contribution in [0.15, 0.2) is 65.7 Å². The molecule has 2 aromatic heterocycles. The van der Waals surface area contributed by atoms with Crippen LogP contribution in [0, 0.1) is 0 Å². The Morgan fingerprint density at radius 3 is 2.36 bits per heavy atom. The van der Waals surface area contributed by atoms with Crippen LogP contribution in [0.2, 0.25) is 0 Å². The molecule has 3 N–H and O–H groups in total. The molecule has 4 aromatic rings. The number of fused-ring (bicyclic) bond motifs is 1. The van der Waals surface area contributed by atoms with Crippen molar-refractivity contribution in [1.29, 1.82) is 0 Å². The first-order valence-electron chi connectivity index (χ1n) is 10.0. The molecule has 0 aliphatic rings. The van der Waals surface area contributed by atoms with E-state index in [-0.39, 0.29) is 22.1 Å². The number of carbonyl (C=O) groups is 1. The summed E-state index contributed by atoms with van der Waals surface area (Å²) in [6.45, 7) is 1.60. The second-order valence-electron chi connectivity index (χ2n) is 7.34. The molecule has 0 amide bonds. The van der Waals surface area contributed by atoms with Gasteiger partial charge in [-0.1, -0.05) is 25.1 Å². The largest absolute Gasteiger partial charge is 0.480 e. The molecule has 0 saturated carbocycles. The summed E-state index contributed by atoms with van der Waals surface area (Å²) in [5, 5.41) is 10.2. The van der Waals surface area contributed by atoms with Crippen LogP contribution in [-0.2, 0) is 9.84 Å². The minimum absolute atomic E-state index is 0.0264. The fourth-order valence-corrected chi connectivity index (χ4v) is 4.42.